The Hall–Kier alpha value is 0.230. The Bertz CT molecular complexity index is 160. The molecule has 1 heterocycles. The van der Waals surface area contributed by atoms with E-state index in [-0.39, 0.29) is 6.04 Å². The van der Waals surface area contributed by atoms with E-state index in [1.807, 2.05) is 0 Å². The highest BCUT2D eigenvalue weighted by molar-refractivity contribution is 9.09. The van der Waals surface area contributed by atoms with Gasteiger partial charge >= 0.3 is 6.18 Å². The molecule has 1 aliphatic heterocycles. The van der Waals surface area contributed by atoms with Crippen molar-refractivity contribution in [2.45, 2.75) is 31.5 Å². The predicted molar refractivity (Wildman–Crippen MR) is 49.1 cm³/mol. The molecule has 0 bridgehead atoms. The Balaban J connectivity index is 2.45. The zero-order valence-electron chi connectivity index (χ0n) is 7.28. The summed E-state index contributed by atoms with van der Waals surface area (Å²) in [5.41, 5.74) is 0. The van der Waals surface area contributed by atoms with E-state index in [2.05, 4.69) is 15.9 Å². The Morgan fingerprint density at radius 2 is 2.00 bits per heavy atom. The first-order valence-electron chi connectivity index (χ1n) is 4.39. The van der Waals surface area contributed by atoms with Gasteiger partial charge in [0.1, 0.15) is 0 Å². The molecular formula is C8H13BrF3N. The van der Waals surface area contributed by atoms with Gasteiger partial charge in [-0.05, 0) is 19.4 Å². The molecule has 1 rings (SSSR count). The molecule has 1 saturated heterocycles. The highest BCUT2D eigenvalue weighted by Crippen LogP contribution is 2.24. The maximum absolute atomic E-state index is 12.1. The fourth-order valence-corrected chi connectivity index (χ4v) is 2.41. The van der Waals surface area contributed by atoms with Gasteiger partial charge in [-0.1, -0.05) is 22.4 Å². The van der Waals surface area contributed by atoms with Crippen LogP contribution >= 0.6 is 15.9 Å². The average Bonchev–Trinajstić information content (AvgIpc) is 2.02. The monoisotopic (exact) mass is 259 g/mol. The van der Waals surface area contributed by atoms with Crippen molar-refractivity contribution >= 4 is 15.9 Å². The van der Waals surface area contributed by atoms with Crippen molar-refractivity contribution in [3.8, 4) is 0 Å². The van der Waals surface area contributed by atoms with Gasteiger partial charge in [-0.25, -0.2) is 0 Å². The number of halogens is 4. The van der Waals surface area contributed by atoms with E-state index in [1.165, 1.54) is 4.90 Å². The number of alkyl halides is 4. The van der Waals surface area contributed by atoms with Crippen LogP contribution in [0.25, 0.3) is 0 Å². The van der Waals surface area contributed by atoms with E-state index in [1.54, 1.807) is 0 Å². The molecule has 1 fully saturated rings. The molecule has 78 valence electrons. The van der Waals surface area contributed by atoms with E-state index in [0.29, 0.717) is 11.9 Å². The summed E-state index contributed by atoms with van der Waals surface area (Å²) in [7, 11) is 0. The number of piperidine rings is 1. The first kappa shape index (κ1) is 11.3. The summed E-state index contributed by atoms with van der Waals surface area (Å²) in [4.78, 5) is 1.53. The smallest absolute Gasteiger partial charge is 0.291 e. The van der Waals surface area contributed by atoms with Crippen LogP contribution in [0.2, 0.25) is 0 Å². The molecule has 0 aromatic heterocycles. The normalized spacial score (nSPS) is 26.3. The quantitative estimate of drug-likeness (QED) is 0.690. The second kappa shape index (κ2) is 4.64. The summed E-state index contributed by atoms with van der Waals surface area (Å²) in [5, 5.41) is 0.642. The Morgan fingerprint density at radius 3 is 2.54 bits per heavy atom. The van der Waals surface area contributed by atoms with Gasteiger partial charge in [0.15, 0.2) is 0 Å². The topological polar surface area (TPSA) is 3.24 Å². The molecule has 0 spiro atoms. The number of rotatable bonds is 2. The van der Waals surface area contributed by atoms with Gasteiger partial charge in [-0.15, -0.1) is 0 Å². The SMILES string of the molecule is FC(F)(F)CN1CCCCC1CBr. The van der Waals surface area contributed by atoms with Crippen LogP contribution in [0.5, 0.6) is 0 Å². The van der Waals surface area contributed by atoms with Crippen molar-refractivity contribution in [3.63, 3.8) is 0 Å². The molecule has 0 N–H and O–H groups in total. The minimum atomic E-state index is -4.06. The van der Waals surface area contributed by atoms with Gasteiger partial charge in [0.05, 0.1) is 6.54 Å². The van der Waals surface area contributed by atoms with E-state index in [4.69, 9.17) is 0 Å². The third kappa shape index (κ3) is 3.85. The number of likely N-dealkylation sites (tertiary alicyclic amines) is 1. The molecule has 1 nitrogen and oxygen atoms in total. The molecule has 1 aliphatic rings. The minimum absolute atomic E-state index is 0.0652. The fraction of sp³-hybridized carbons (Fsp3) is 1.00. The molecular weight excluding hydrogens is 247 g/mol. The molecule has 0 radical (unpaired) electrons. The van der Waals surface area contributed by atoms with Gasteiger partial charge in [0.2, 0.25) is 0 Å². The molecule has 0 aromatic carbocycles. The second-order valence-corrected chi connectivity index (χ2v) is 4.04. The standard InChI is InChI=1S/C8H13BrF3N/c9-5-7-3-1-2-4-13(7)6-8(10,11)12/h7H,1-6H2. The van der Waals surface area contributed by atoms with Crippen molar-refractivity contribution in [3.05, 3.63) is 0 Å². The third-order valence-corrected chi connectivity index (χ3v) is 3.06. The van der Waals surface area contributed by atoms with Crippen molar-refractivity contribution in [2.75, 3.05) is 18.4 Å². The minimum Gasteiger partial charge on any atom is -0.291 e. The summed E-state index contributed by atoms with van der Waals surface area (Å²) >= 11 is 3.25. The van der Waals surface area contributed by atoms with Crippen LogP contribution < -0.4 is 0 Å². The van der Waals surface area contributed by atoms with E-state index < -0.39 is 12.7 Å². The van der Waals surface area contributed by atoms with E-state index >= 15 is 0 Å². The first-order chi connectivity index (χ1) is 6.03. The van der Waals surface area contributed by atoms with Gasteiger partial charge in [0.25, 0.3) is 0 Å². The molecule has 0 amide bonds. The number of hydrogen-bond acceptors (Lipinski definition) is 1. The van der Waals surface area contributed by atoms with Crippen molar-refractivity contribution in [1.82, 2.24) is 4.90 Å². The average molecular weight is 260 g/mol. The van der Waals surface area contributed by atoms with Gasteiger partial charge in [-0.3, -0.25) is 4.90 Å². The molecule has 0 saturated carbocycles. The molecule has 0 aromatic rings. The lowest BCUT2D eigenvalue weighted by Crippen LogP contribution is -2.45. The van der Waals surface area contributed by atoms with Gasteiger partial charge in [-0.2, -0.15) is 13.2 Å². The first-order valence-corrected chi connectivity index (χ1v) is 5.52. The molecule has 1 unspecified atom stereocenters. The lowest BCUT2D eigenvalue weighted by Gasteiger charge is -2.34. The van der Waals surface area contributed by atoms with Crippen LogP contribution in [0, 0.1) is 0 Å². The Labute approximate surface area is 84.4 Å². The van der Waals surface area contributed by atoms with Crippen LogP contribution in [-0.2, 0) is 0 Å². The van der Waals surface area contributed by atoms with E-state index in [0.717, 1.165) is 19.3 Å². The van der Waals surface area contributed by atoms with Crippen LogP contribution in [0.15, 0.2) is 0 Å². The van der Waals surface area contributed by atoms with Crippen LogP contribution in [0.4, 0.5) is 13.2 Å². The van der Waals surface area contributed by atoms with Crippen LogP contribution in [0.3, 0.4) is 0 Å². The summed E-state index contributed by atoms with van der Waals surface area (Å²) in [6.07, 6.45) is -1.25. The summed E-state index contributed by atoms with van der Waals surface area (Å²) < 4.78 is 36.3. The van der Waals surface area contributed by atoms with Crippen LogP contribution in [-0.4, -0.2) is 35.5 Å². The predicted octanol–water partition coefficient (Wildman–Crippen LogP) is 2.80. The lowest BCUT2D eigenvalue weighted by molar-refractivity contribution is -0.152. The Morgan fingerprint density at radius 1 is 1.31 bits per heavy atom. The van der Waals surface area contributed by atoms with Crippen molar-refractivity contribution in [1.29, 1.82) is 0 Å². The van der Waals surface area contributed by atoms with Crippen LogP contribution in [0.1, 0.15) is 19.3 Å². The van der Waals surface area contributed by atoms with Gasteiger partial charge < -0.3 is 0 Å². The molecule has 0 aliphatic carbocycles. The van der Waals surface area contributed by atoms with Crippen molar-refractivity contribution in [2.24, 2.45) is 0 Å². The maximum atomic E-state index is 12.1. The van der Waals surface area contributed by atoms with Crippen molar-refractivity contribution < 1.29 is 13.2 Å². The summed E-state index contributed by atoms with van der Waals surface area (Å²) in [6, 6.07) is 0.0652. The highest BCUT2D eigenvalue weighted by Gasteiger charge is 2.34. The fourth-order valence-electron chi connectivity index (χ4n) is 1.67. The third-order valence-electron chi connectivity index (χ3n) is 2.31. The molecule has 13 heavy (non-hydrogen) atoms. The zero-order valence-corrected chi connectivity index (χ0v) is 8.87. The lowest BCUT2D eigenvalue weighted by atomic mass is 10.0. The summed E-state index contributed by atoms with van der Waals surface area (Å²) in [5.74, 6) is 0. The molecule has 1 atom stereocenters. The maximum Gasteiger partial charge on any atom is 0.401 e. The largest absolute Gasteiger partial charge is 0.401 e. The molecule has 5 heteroatoms. The number of hydrogen-bond donors (Lipinski definition) is 0. The zero-order chi connectivity index (χ0) is 9.90. The second-order valence-electron chi connectivity index (χ2n) is 3.39. The Kier molecular flexibility index (Phi) is 4.04. The number of nitrogens with zero attached hydrogens (tertiary/aromatic N) is 1. The van der Waals surface area contributed by atoms with Gasteiger partial charge in [0, 0.05) is 11.4 Å². The van der Waals surface area contributed by atoms with E-state index in [9.17, 15) is 13.2 Å². The summed E-state index contributed by atoms with van der Waals surface area (Å²) in [6.45, 7) is -0.182. The highest BCUT2D eigenvalue weighted by atomic mass is 79.9.